The van der Waals surface area contributed by atoms with E-state index < -0.39 is 0 Å². The first-order valence-corrected chi connectivity index (χ1v) is 11.0. The Morgan fingerprint density at radius 2 is 2.03 bits per heavy atom. The smallest absolute Gasteiger partial charge is 0.237 e. The molecule has 0 saturated carbocycles. The van der Waals surface area contributed by atoms with Crippen LogP contribution in [0, 0.1) is 0 Å². The SMILES string of the molecule is CC(=O)N1CCN(c2nc3cc(Cl)ccc3cc2CN[C@H]2CCCCNC2=O)CC1. The number of benzene rings is 1. The Balaban J connectivity index is 1.60. The highest BCUT2D eigenvalue weighted by Crippen LogP contribution is 2.27. The van der Waals surface area contributed by atoms with Crippen molar-refractivity contribution in [3.05, 3.63) is 34.9 Å². The average molecular weight is 430 g/mol. The predicted molar refractivity (Wildman–Crippen MR) is 119 cm³/mol. The summed E-state index contributed by atoms with van der Waals surface area (Å²) in [7, 11) is 0. The summed E-state index contributed by atoms with van der Waals surface area (Å²) in [6.07, 6.45) is 2.90. The van der Waals surface area contributed by atoms with Gasteiger partial charge in [-0.1, -0.05) is 17.7 Å². The largest absolute Gasteiger partial charge is 0.355 e. The first kappa shape index (κ1) is 20.9. The maximum absolute atomic E-state index is 12.3. The van der Waals surface area contributed by atoms with Gasteiger partial charge in [0.25, 0.3) is 0 Å². The quantitative estimate of drug-likeness (QED) is 0.779. The number of nitrogens with one attached hydrogen (secondary N) is 2. The summed E-state index contributed by atoms with van der Waals surface area (Å²) in [6.45, 7) is 5.75. The van der Waals surface area contributed by atoms with E-state index >= 15 is 0 Å². The van der Waals surface area contributed by atoms with Crippen molar-refractivity contribution in [3.63, 3.8) is 0 Å². The van der Waals surface area contributed by atoms with Crippen LogP contribution >= 0.6 is 11.6 Å². The molecule has 2 aliphatic heterocycles. The molecule has 0 aliphatic carbocycles. The molecule has 3 heterocycles. The Kier molecular flexibility index (Phi) is 6.39. The number of carbonyl (C=O) groups is 2. The second kappa shape index (κ2) is 9.18. The molecule has 2 saturated heterocycles. The summed E-state index contributed by atoms with van der Waals surface area (Å²) >= 11 is 6.19. The number of hydrogen-bond donors (Lipinski definition) is 2. The van der Waals surface area contributed by atoms with E-state index in [2.05, 4.69) is 21.6 Å². The lowest BCUT2D eigenvalue weighted by molar-refractivity contribution is -0.129. The number of halogens is 1. The van der Waals surface area contributed by atoms with Crippen LogP contribution in [-0.4, -0.2) is 60.5 Å². The van der Waals surface area contributed by atoms with Gasteiger partial charge >= 0.3 is 0 Å². The molecule has 2 amide bonds. The number of aromatic nitrogens is 1. The van der Waals surface area contributed by atoms with Gasteiger partial charge in [-0.3, -0.25) is 9.59 Å². The number of pyridine rings is 1. The summed E-state index contributed by atoms with van der Waals surface area (Å²) < 4.78 is 0. The first-order chi connectivity index (χ1) is 14.5. The summed E-state index contributed by atoms with van der Waals surface area (Å²) in [5.41, 5.74) is 1.90. The van der Waals surface area contributed by atoms with Gasteiger partial charge in [-0.25, -0.2) is 4.98 Å². The lowest BCUT2D eigenvalue weighted by Gasteiger charge is -2.36. The topological polar surface area (TPSA) is 77.6 Å². The fourth-order valence-corrected chi connectivity index (χ4v) is 4.34. The maximum atomic E-state index is 12.3. The van der Waals surface area contributed by atoms with E-state index in [-0.39, 0.29) is 17.9 Å². The van der Waals surface area contributed by atoms with E-state index in [4.69, 9.17) is 16.6 Å². The molecule has 1 aromatic heterocycles. The highest BCUT2D eigenvalue weighted by atomic mass is 35.5. The Labute approximate surface area is 181 Å². The summed E-state index contributed by atoms with van der Waals surface area (Å²) in [6, 6.07) is 7.67. The van der Waals surface area contributed by atoms with Crippen LogP contribution < -0.4 is 15.5 Å². The highest BCUT2D eigenvalue weighted by Gasteiger charge is 2.24. The van der Waals surface area contributed by atoms with Gasteiger partial charge in [-0.05, 0) is 37.5 Å². The van der Waals surface area contributed by atoms with Gasteiger partial charge in [0, 0.05) is 62.2 Å². The molecule has 2 fully saturated rings. The van der Waals surface area contributed by atoms with Crippen LogP contribution in [0.5, 0.6) is 0 Å². The number of amides is 2. The van der Waals surface area contributed by atoms with Gasteiger partial charge in [0.2, 0.25) is 11.8 Å². The van der Waals surface area contributed by atoms with Crippen molar-refractivity contribution in [2.45, 2.75) is 38.8 Å². The minimum Gasteiger partial charge on any atom is -0.355 e. The molecular weight excluding hydrogens is 402 g/mol. The Bertz CT molecular complexity index is 943. The van der Waals surface area contributed by atoms with Crippen molar-refractivity contribution in [2.75, 3.05) is 37.6 Å². The molecule has 0 bridgehead atoms. The van der Waals surface area contributed by atoms with Gasteiger partial charge in [0.15, 0.2) is 0 Å². The molecule has 0 spiro atoms. The van der Waals surface area contributed by atoms with E-state index in [0.29, 0.717) is 24.7 Å². The van der Waals surface area contributed by atoms with Crippen molar-refractivity contribution < 1.29 is 9.59 Å². The molecule has 1 aromatic carbocycles. The highest BCUT2D eigenvalue weighted by molar-refractivity contribution is 6.31. The number of piperazine rings is 1. The molecule has 2 aliphatic rings. The molecule has 160 valence electrons. The van der Waals surface area contributed by atoms with Crippen molar-refractivity contribution in [2.24, 2.45) is 0 Å². The molecule has 1 atom stereocenters. The first-order valence-electron chi connectivity index (χ1n) is 10.6. The van der Waals surface area contributed by atoms with E-state index in [0.717, 1.165) is 61.2 Å². The van der Waals surface area contributed by atoms with Crippen LogP contribution in [-0.2, 0) is 16.1 Å². The second-order valence-corrected chi connectivity index (χ2v) is 8.46. The Morgan fingerprint density at radius 1 is 1.23 bits per heavy atom. The summed E-state index contributed by atoms with van der Waals surface area (Å²) in [5.74, 6) is 1.08. The molecule has 0 radical (unpaired) electrons. The van der Waals surface area contributed by atoms with Gasteiger partial charge in [-0.2, -0.15) is 0 Å². The zero-order valence-electron chi connectivity index (χ0n) is 17.3. The number of rotatable bonds is 4. The molecule has 8 heteroatoms. The van der Waals surface area contributed by atoms with Crippen LogP contribution in [0.4, 0.5) is 5.82 Å². The van der Waals surface area contributed by atoms with Crippen molar-refractivity contribution in [1.82, 2.24) is 20.5 Å². The summed E-state index contributed by atoms with van der Waals surface area (Å²) in [5, 5.41) is 8.10. The maximum Gasteiger partial charge on any atom is 0.237 e. The van der Waals surface area contributed by atoms with Gasteiger partial charge < -0.3 is 20.4 Å². The lowest BCUT2D eigenvalue weighted by Crippen LogP contribution is -2.49. The minimum absolute atomic E-state index is 0.0738. The third-order valence-electron chi connectivity index (χ3n) is 5.93. The second-order valence-electron chi connectivity index (χ2n) is 8.02. The lowest BCUT2D eigenvalue weighted by atomic mass is 10.1. The van der Waals surface area contributed by atoms with Gasteiger partial charge in [0.05, 0.1) is 11.6 Å². The van der Waals surface area contributed by atoms with E-state index in [1.165, 1.54) is 0 Å². The minimum atomic E-state index is -0.184. The number of anilines is 1. The Morgan fingerprint density at radius 3 is 2.80 bits per heavy atom. The monoisotopic (exact) mass is 429 g/mol. The van der Waals surface area contributed by atoms with Crippen LogP contribution in [0.2, 0.25) is 5.02 Å². The fraction of sp³-hybridized carbons (Fsp3) is 0.500. The normalized spacial score (nSPS) is 20.2. The number of nitrogens with zero attached hydrogens (tertiary/aromatic N) is 3. The fourth-order valence-electron chi connectivity index (χ4n) is 4.18. The number of carbonyl (C=O) groups excluding carboxylic acids is 2. The van der Waals surface area contributed by atoms with Crippen LogP contribution in [0.3, 0.4) is 0 Å². The zero-order chi connectivity index (χ0) is 21.1. The molecule has 4 rings (SSSR count). The van der Waals surface area contributed by atoms with Gasteiger partial charge in [-0.15, -0.1) is 0 Å². The average Bonchev–Trinajstić information content (AvgIpc) is 2.95. The number of fused-ring (bicyclic) bond motifs is 1. The molecular formula is C22H28ClN5O2. The molecule has 7 nitrogen and oxygen atoms in total. The van der Waals surface area contributed by atoms with E-state index in [1.807, 2.05) is 23.1 Å². The third-order valence-corrected chi connectivity index (χ3v) is 6.17. The molecule has 0 unspecified atom stereocenters. The molecule has 30 heavy (non-hydrogen) atoms. The van der Waals surface area contributed by atoms with E-state index in [9.17, 15) is 9.59 Å². The standard InChI is InChI=1S/C22H28ClN5O2/c1-15(29)27-8-10-28(11-9-27)21-17(12-16-5-6-18(23)13-20(16)26-21)14-25-19-4-2-3-7-24-22(19)30/h5-6,12-13,19,25H,2-4,7-11,14H2,1H3,(H,24,30)/t19-/m0/s1. The van der Waals surface area contributed by atoms with E-state index in [1.54, 1.807) is 6.92 Å². The van der Waals surface area contributed by atoms with Crippen LogP contribution in [0.25, 0.3) is 10.9 Å². The van der Waals surface area contributed by atoms with Crippen LogP contribution in [0.15, 0.2) is 24.3 Å². The van der Waals surface area contributed by atoms with Crippen molar-refractivity contribution >= 4 is 40.1 Å². The Hall–Kier alpha value is -2.38. The number of hydrogen-bond acceptors (Lipinski definition) is 5. The van der Waals surface area contributed by atoms with Crippen molar-refractivity contribution in [1.29, 1.82) is 0 Å². The van der Waals surface area contributed by atoms with Gasteiger partial charge in [0.1, 0.15) is 5.82 Å². The summed E-state index contributed by atoms with van der Waals surface area (Å²) in [4.78, 5) is 33.0. The van der Waals surface area contributed by atoms with Crippen LogP contribution in [0.1, 0.15) is 31.7 Å². The molecule has 2 aromatic rings. The third kappa shape index (κ3) is 4.68. The predicted octanol–water partition coefficient (Wildman–Crippen LogP) is 2.32. The van der Waals surface area contributed by atoms with Crippen molar-refractivity contribution in [3.8, 4) is 0 Å². The zero-order valence-corrected chi connectivity index (χ0v) is 18.0. The molecule has 2 N–H and O–H groups in total.